The Morgan fingerprint density at radius 1 is 0.971 bits per heavy atom. The van der Waals surface area contributed by atoms with Crippen LogP contribution in [-0.4, -0.2) is 47.8 Å². The van der Waals surface area contributed by atoms with E-state index in [9.17, 15) is 4.79 Å². The van der Waals surface area contributed by atoms with Crippen molar-refractivity contribution in [2.24, 2.45) is 17.3 Å². The summed E-state index contributed by atoms with van der Waals surface area (Å²) in [6.07, 6.45) is 0. The summed E-state index contributed by atoms with van der Waals surface area (Å²) < 4.78 is 6.70. The van der Waals surface area contributed by atoms with Gasteiger partial charge in [-0.25, -0.2) is 0 Å². The van der Waals surface area contributed by atoms with Crippen LogP contribution in [0, 0.1) is 17.3 Å². The van der Waals surface area contributed by atoms with E-state index in [1.165, 1.54) is 0 Å². The van der Waals surface area contributed by atoms with Crippen molar-refractivity contribution in [1.82, 2.24) is 4.90 Å². The van der Waals surface area contributed by atoms with Gasteiger partial charge in [0.15, 0.2) is 9.04 Å². The first-order valence-corrected chi connectivity index (χ1v) is 15.6. The van der Waals surface area contributed by atoms with Gasteiger partial charge in [0.05, 0.1) is 24.1 Å². The fraction of sp³-hybridized carbons (Fsp3) is 0.464. The maximum Gasteiger partial charge on any atom is 0.231 e. The molecule has 4 atom stereocenters. The Hall–Kier alpha value is -1.73. The van der Waals surface area contributed by atoms with Gasteiger partial charge in [-0.3, -0.25) is 4.79 Å². The number of carbonyl (C=O) groups excluding carboxylic acids is 1. The SMILES string of the molecule is C[C@H](C(=S)c1ccccc1)[C@@H]1[C@@H]([C@@](C)(O[SiH](C)C)C(C)(C)C)C(=O)N1CC(=S)c1ccccc1. The molecule has 0 unspecified atom stereocenters. The Bertz CT molecular complexity index is 1040. The second-order valence-corrected chi connectivity index (χ2v) is 14.0. The first-order chi connectivity index (χ1) is 15.9. The third kappa shape index (κ3) is 5.25. The highest BCUT2D eigenvalue weighted by atomic mass is 32.1. The second kappa shape index (κ2) is 10.5. The van der Waals surface area contributed by atoms with Crippen LogP contribution < -0.4 is 0 Å². The second-order valence-electron chi connectivity index (χ2n) is 10.8. The molecule has 0 N–H and O–H groups in total. The Balaban J connectivity index is 2.00. The normalized spacial score (nSPS) is 21.1. The summed E-state index contributed by atoms with van der Waals surface area (Å²) in [4.78, 5) is 17.4. The average Bonchev–Trinajstić information content (AvgIpc) is 2.79. The minimum atomic E-state index is -1.43. The van der Waals surface area contributed by atoms with Crippen molar-refractivity contribution >= 4 is 49.1 Å². The zero-order valence-corrected chi connectivity index (χ0v) is 24.2. The molecular formula is C28H37NO2S2Si. The van der Waals surface area contributed by atoms with Gasteiger partial charge in [0, 0.05) is 15.6 Å². The lowest BCUT2D eigenvalue weighted by Crippen LogP contribution is -2.74. The Labute approximate surface area is 217 Å². The number of rotatable bonds is 9. The third-order valence-electron chi connectivity index (χ3n) is 7.21. The summed E-state index contributed by atoms with van der Waals surface area (Å²) in [7, 11) is -1.43. The summed E-state index contributed by atoms with van der Waals surface area (Å²) in [5, 5.41) is 0. The topological polar surface area (TPSA) is 29.5 Å². The minimum absolute atomic E-state index is 0.0159. The first kappa shape index (κ1) is 26.9. The molecule has 1 aliphatic heterocycles. The van der Waals surface area contributed by atoms with E-state index in [1.807, 2.05) is 65.6 Å². The zero-order chi connectivity index (χ0) is 25.3. The molecule has 182 valence electrons. The van der Waals surface area contributed by atoms with E-state index in [4.69, 9.17) is 28.9 Å². The highest BCUT2D eigenvalue weighted by molar-refractivity contribution is 7.81. The van der Waals surface area contributed by atoms with Crippen LogP contribution >= 0.6 is 24.4 Å². The van der Waals surface area contributed by atoms with Crippen molar-refractivity contribution in [2.45, 2.75) is 59.4 Å². The van der Waals surface area contributed by atoms with E-state index < -0.39 is 14.6 Å². The standard InChI is InChI=1S/C28H37NO2S2Si/c1-19(25(33)21-16-12-9-13-17-21)24-23(28(5,27(2,3)4)31-34(6)7)26(30)29(24)18-22(32)20-14-10-8-11-15-20/h8-17,19,23-24,34H,18H2,1-7H3/t19-,23+,24+,28+/m0/s1. The van der Waals surface area contributed by atoms with Gasteiger partial charge in [0.1, 0.15) is 0 Å². The number of nitrogens with zero attached hydrogens (tertiary/aromatic N) is 1. The molecule has 1 amide bonds. The summed E-state index contributed by atoms with van der Waals surface area (Å²) in [5.74, 6) is -0.187. The van der Waals surface area contributed by atoms with Crippen LogP contribution in [0.1, 0.15) is 45.7 Å². The zero-order valence-electron chi connectivity index (χ0n) is 21.4. The molecule has 2 aromatic rings. The van der Waals surface area contributed by atoms with E-state index in [0.29, 0.717) is 6.54 Å². The molecule has 0 bridgehead atoms. The molecule has 0 radical (unpaired) electrons. The molecule has 1 saturated heterocycles. The lowest BCUT2D eigenvalue weighted by Gasteiger charge is -2.60. The Morgan fingerprint density at radius 2 is 1.47 bits per heavy atom. The maximum absolute atomic E-state index is 13.8. The van der Waals surface area contributed by atoms with Gasteiger partial charge >= 0.3 is 0 Å². The smallest absolute Gasteiger partial charge is 0.231 e. The fourth-order valence-electron chi connectivity index (χ4n) is 4.97. The molecule has 3 nitrogen and oxygen atoms in total. The number of amides is 1. The summed E-state index contributed by atoms with van der Waals surface area (Å²) >= 11 is 11.7. The van der Waals surface area contributed by atoms with Gasteiger partial charge in [0.2, 0.25) is 5.91 Å². The highest BCUT2D eigenvalue weighted by Gasteiger charge is 2.62. The van der Waals surface area contributed by atoms with Crippen LogP contribution in [0.4, 0.5) is 0 Å². The molecule has 0 spiro atoms. The molecule has 0 aliphatic carbocycles. The van der Waals surface area contributed by atoms with Crippen LogP contribution in [-0.2, 0) is 9.22 Å². The minimum Gasteiger partial charge on any atom is -0.414 e. The number of benzene rings is 2. The first-order valence-electron chi connectivity index (χ1n) is 12.0. The van der Waals surface area contributed by atoms with Crippen molar-refractivity contribution in [1.29, 1.82) is 0 Å². The molecule has 6 heteroatoms. The molecule has 34 heavy (non-hydrogen) atoms. The number of thiocarbonyl (C=S) groups is 2. The number of β-lactam (4-membered cyclic amide) rings is 1. The molecule has 0 aromatic heterocycles. The molecular weight excluding hydrogens is 475 g/mol. The number of likely N-dealkylation sites (tertiary alicyclic amines) is 1. The predicted molar refractivity (Wildman–Crippen MR) is 152 cm³/mol. The van der Waals surface area contributed by atoms with E-state index in [1.54, 1.807) is 0 Å². The molecule has 2 aromatic carbocycles. The molecule has 3 rings (SSSR count). The molecule has 0 saturated carbocycles. The van der Waals surface area contributed by atoms with Crippen LogP contribution in [0.15, 0.2) is 60.7 Å². The molecule has 1 fully saturated rings. The lowest BCUT2D eigenvalue weighted by molar-refractivity contribution is -0.186. The fourth-order valence-corrected chi connectivity index (χ4v) is 7.00. The summed E-state index contributed by atoms with van der Waals surface area (Å²) in [6.45, 7) is 15.5. The number of hydrogen-bond acceptors (Lipinski definition) is 4. The average molecular weight is 512 g/mol. The summed E-state index contributed by atoms with van der Waals surface area (Å²) in [5.41, 5.74) is 1.20. The monoisotopic (exact) mass is 511 g/mol. The van der Waals surface area contributed by atoms with E-state index in [2.05, 4.69) is 47.7 Å². The van der Waals surface area contributed by atoms with Crippen LogP contribution in [0.5, 0.6) is 0 Å². The predicted octanol–water partition coefficient (Wildman–Crippen LogP) is 6.09. The van der Waals surface area contributed by atoms with Crippen molar-refractivity contribution in [3.05, 3.63) is 71.8 Å². The van der Waals surface area contributed by atoms with Crippen LogP contribution in [0.25, 0.3) is 0 Å². The van der Waals surface area contributed by atoms with Gasteiger partial charge in [-0.1, -0.05) is 113 Å². The van der Waals surface area contributed by atoms with Crippen LogP contribution in [0.3, 0.4) is 0 Å². The van der Waals surface area contributed by atoms with Gasteiger partial charge in [-0.05, 0) is 36.6 Å². The lowest BCUT2D eigenvalue weighted by atomic mass is 9.61. The number of hydrogen-bond donors (Lipinski definition) is 0. The third-order valence-corrected chi connectivity index (χ3v) is 9.14. The van der Waals surface area contributed by atoms with E-state index in [-0.39, 0.29) is 29.2 Å². The molecule has 1 heterocycles. The van der Waals surface area contributed by atoms with Crippen molar-refractivity contribution in [2.75, 3.05) is 6.54 Å². The summed E-state index contributed by atoms with van der Waals surface area (Å²) in [6, 6.07) is 20.0. The van der Waals surface area contributed by atoms with Crippen molar-refractivity contribution in [3.8, 4) is 0 Å². The van der Waals surface area contributed by atoms with Crippen molar-refractivity contribution < 1.29 is 9.22 Å². The Morgan fingerprint density at radius 3 is 1.94 bits per heavy atom. The quantitative estimate of drug-likeness (QED) is 0.176. The van der Waals surface area contributed by atoms with Crippen molar-refractivity contribution in [3.63, 3.8) is 0 Å². The van der Waals surface area contributed by atoms with Gasteiger partial charge < -0.3 is 9.33 Å². The van der Waals surface area contributed by atoms with Gasteiger partial charge in [-0.15, -0.1) is 0 Å². The van der Waals surface area contributed by atoms with E-state index in [0.717, 1.165) is 20.9 Å². The van der Waals surface area contributed by atoms with Gasteiger partial charge in [0.25, 0.3) is 0 Å². The van der Waals surface area contributed by atoms with Crippen LogP contribution in [0.2, 0.25) is 13.1 Å². The van der Waals surface area contributed by atoms with E-state index >= 15 is 0 Å². The number of carbonyl (C=O) groups is 1. The molecule has 1 aliphatic rings. The maximum atomic E-state index is 13.8. The largest absolute Gasteiger partial charge is 0.414 e. The Kier molecular flexibility index (Phi) is 8.28. The highest BCUT2D eigenvalue weighted by Crippen LogP contribution is 2.50. The van der Waals surface area contributed by atoms with Gasteiger partial charge in [-0.2, -0.15) is 0 Å².